The summed E-state index contributed by atoms with van der Waals surface area (Å²) in [5.41, 5.74) is 8.01. The van der Waals surface area contributed by atoms with Gasteiger partial charge < -0.3 is 9.80 Å². The second-order valence-corrected chi connectivity index (χ2v) is 15.3. The van der Waals surface area contributed by atoms with Crippen molar-refractivity contribution in [2.24, 2.45) is 0 Å². The molecule has 0 bridgehead atoms. The summed E-state index contributed by atoms with van der Waals surface area (Å²) < 4.78 is 0. The molecule has 252 valence electrons. The first-order valence-electron chi connectivity index (χ1n) is 19.5. The molecule has 2 aliphatic rings. The molecule has 2 aliphatic heterocycles. The molecule has 2 heterocycles. The Morgan fingerprint density at radius 1 is 0.327 bits per heavy atom. The van der Waals surface area contributed by atoms with Gasteiger partial charge in [-0.1, -0.05) is 109 Å². The first kappa shape index (κ1) is 30.1. The van der Waals surface area contributed by atoms with Gasteiger partial charge in [0.05, 0.1) is 0 Å². The van der Waals surface area contributed by atoms with Crippen LogP contribution in [-0.4, -0.2) is 26.2 Å². The van der Waals surface area contributed by atoms with Gasteiger partial charge in [0.2, 0.25) is 0 Å². The van der Waals surface area contributed by atoms with Crippen LogP contribution in [-0.2, 0) is 0 Å². The third kappa shape index (κ3) is 4.56. The summed E-state index contributed by atoms with van der Waals surface area (Å²) in [5.74, 6) is 0. The maximum absolute atomic E-state index is 2.62. The highest BCUT2D eigenvalue weighted by molar-refractivity contribution is 6.35. The Kier molecular flexibility index (Phi) is 6.93. The molecule has 11 rings (SSSR count). The zero-order valence-corrected chi connectivity index (χ0v) is 29.7. The van der Waals surface area contributed by atoms with Crippen LogP contribution in [0.15, 0.2) is 133 Å². The maximum Gasteiger partial charge on any atom is 0.0372 e. The average Bonchev–Trinajstić information content (AvgIpc) is 3.22. The number of anilines is 2. The molecule has 2 saturated heterocycles. The Morgan fingerprint density at radius 2 is 0.827 bits per heavy atom. The number of piperidine rings is 2. The first-order valence-corrected chi connectivity index (χ1v) is 19.5. The quantitative estimate of drug-likeness (QED) is 0.136. The number of fused-ring (bicyclic) bond motifs is 4. The average molecular weight is 671 g/mol. The molecule has 52 heavy (non-hydrogen) atoms. The Bertz CT molecular complexity index is 2750. The molecule has 0 spiro atoms. The van der Waals surface area contributed by atoms with Crippen LogP contribution in [0, 0.1) is 0 Å². The van der Waals surface area contributed by atoms with Crippen molar-refractivity contribution in [1.82, 2.24) is 0 Å². The fourth-order valence-electron chi connectivity index (χ4n) is 9.97. The Morgan fingerprint density at radius 3 is 1.46 bits per heavy atom. The van der Waals surface area contributed by atoms with Gasteiger partial charge in [-0.25, -0.2) is 0 Å². The molecule has 9 aromatic rings. The molecule has 0 amide bonds. The fourth-order valence-corrected chi connectivity index (χ4v) is 9.97. The summed E-state index contributed by atoms with van der Waals surface area (Å²) in [6, 6.07) is 51.4. The number of hydrogen-bond acceptors (Lipinski definition) is 2. The highest BCUT2D eigenvalue weighted by Gasteiger charge is 2.23. The van der Waals surface area contributed by atoms with Gasteiger partial charge in [-0.15, -0.1) is 0 Å². The summed E-state index contributed by atoms with van der Waals surface area (Å²) in [6.07, 6.45) is 7.72. The maximum atomic E-state index is 2.62. The molecule has 0 unspecified atom stereocenters. The van der Waals surface area contributed by atoms with Gasteiger partial charge in [0.25, 0.3) is 0 Å². The summed E-state index contributed by atoms with van der Waals surface area (Å²) in [5, 5.41) is 16.1. The lowest BCUT2D eigenvalue weighted by Gasteiger charge is -2.30. The molecular weight excluding hydrogens is 629 g/mol. The van der Waals surface area contributed by atoms with E-state index in [-0.39, 0.29) is 0 Å². The van der Waals surface area contributed by atoms with E-state index in [9.17, 15) is 0 Å². The van der Waals surface area contributed by atoms with E-state index in [4.69, 9.17) is 0 Å². The topological polar surface area (TPSA) is 6.48 Å². The number of benzene rings is 9. The SMILES string of the molecule is c1ccc(-c2c3cc(N4CCCCC4)ccc3c(-c3ccc4c5cccc6cccc(c7cccc3c74)c65)c3cc(N4CCCCC4)ccc23)cc1. The second kappa shape index (κ2) is 12.0. The van der Waals surface area contributed by atoms with Crippen LogP contribution in [0.1, 0.15) is 38.5 Å². The summed E-state index contributed by atoms with van der Waals surface area (Å²) in [6.45, 7) is 4.53. The van der Waals surface area contributed by atoms with Crippen LogP contribution in [0.2, 0.25) is 0 Å². The third-order valence-corrected chi connectivity index (χ3v) is 12.4. The molecule has 0 radical (unpaired) electrons. The molecule has 0 atom stereocenters. The predicted octanol–water partition coefficient (Wildman–Crippen LogP) is 13.4. The van der Waals surface area contributed by atoms with E-state index in [2.05, 4.69) is 143 Å². The van der Waals surface area contributed by atoms with E-state index in [0.29, 0.717) is 0 Å². The molecule has 0 aliphatic carbocycles. The van der Waals surface area contributed by atoms with Gasteiger partial charge in [0.15, 0.2) is 0 Å². The van der Waals surface area contributed by atoms with Crippen molar-refractivity contribution in [2.45, 2.75) is 38.5 Å². The zero-order valence-electron chi connectivity index (χ0n) is 29.7. The molecule has 0 N–H and O–H groups in total. The predicted molar refractivity (Wildman–Crippen MR) is 226 cm³/mol. The first-order chi connectivity index (χ1) is 25.8. The highest BCUT2D eigenvalue weighted by Crippen LogP contribution is 2.49. The largest absolute Gasteiger partial charge is 0.372 e. The third-order valence-electron chi connectivity index (χ3n) is 12.4. The van der Waals surface area contributed by atoms with Gasteiger partial charge in [0.1, 0.15) is 0 Å². The van der Waals surface area contributed by atoms with Gasteiger partial charge >= 0.3 is 0 Å². The molecule has 0 saturated carbocycles. The molecular formula is C50H42N2. The van der Waals surface area contributed by atoms with Crippen LogP contribution < -0.4 is 9.80 Å². The van der Waals surface area contributed by atoms with E-state index in [1.807, 2.05) is 0 Å². The standard InChI is InChI=1S/C50H42N2/c1-4-13-33(14-5-1)48-43-23-21-36(52-29-8-3-9-30-52)32-46(43)50(44-24-22-35(31-45(44)48)51-27-6-2-7-28-51)42-26-25-41-38-18-11-16-34-15-10-17-37(47(34)38)39-19-12-20-40(42)49(39)41/h1,4-5,10-26,31-32H,2-3,6-9,27-30H2. The van der Waals surface area contributed by atoms with Crippen LogP contribution >= 0.6 is 0 Å². The van der Waals surface area contributed by atoms with Gasteiger partial charge in [-0.2, -0.15) is 0 Å². The van der Waals surface area contributed by atoms with Gasteiger partial charge in [0, 0.05) is 37.6 Å². The lowest BCUT2D eigenvalue weighted by atomic mass is 9.82. The Balaban J connectivity index is 1.28. The Labute approximate surface area is 305 Å². The van der Waals surface area contributed by atoms with Crippen LogP contribution in [0.25, 0.3) is 86.9 Å². The van der Waals surface area contributed by atoms with Gasteiger partial charge in [-0.3, -0.25) is 0 Å². The molecule has 2 nitrogen and oxygen atoms in total. The highest BCUT2D eigenvalue weighted by atomic mass is 15.1. The van der Waals surface area contributed by atoms with E-state index in [1.165, 1.54) is 137 Å². The molecule has 0 aromatic heterocycles. The van der Waals surface area contributed by atoms with E-state index in [0.717, 1.165) is 26.2 Å². The van der Waals surface area contributed by atoms with Crippen LogP contribution in [0.3, 0.4) is 0 Å². The van der Waals surface area contributed by atoms with Crippen LogP contribution in [0.5, 0.6) is 0 Å². The fraction of sp³-hybridized carbons (Fsp3) is 0.200. The number of rotatable bonds is 4. The molecule has 2 heteroatoms. The van der Waals surface area contributed by atoms with E-state index in [1.54, 1.807) is 0 Å². The van der Waals surface area contributed by atoms with Crippen molar-refractivity contribution in [2.75, 3.05) is 36.0 Å². The lowest BCUT2D eigenvalue weighted by molar-refractivity contribution is 0.578. The number of hydrogen-bond donors (Lipinski definition) is 0. The van der Waals surface area contributed by atoms with Crippen molar-refractivity contribution in [3.05, 3.63) is 133 Å². The van der Waals surface area contributed by atoms with Crippen LogP contribution in [0.4, 0.5) is 11.4 Å². The number of nitrogens with zero attached hydrogens (tertiary/aromatic N) is 2. The van der Waals surface area contributed by atoms with E-state index >= 15 is 0 Å². The van der Waals surface area contributed by atoms with Gasteiger partial charge in [-0.05, 0) is 150 Å². The summed E-state index contributed by atoms with van der Waals surface area (Å²) >= 11 is 0. The minimum Gasteiger partial charge on any atom is -0.372 e. The minimum atomic E-state index is 1.13. The van der Waals surface area contributed by atoms with Crippen molar-refractivity contribution in [3.63, 3.8) is 0 Å². The van der Waals surface area contributed by atoms with Crippen molar-refractivity contribution in [3.8, 4) is 22.3 Å². The molecule has 9 aromatic carbocycles. The smallest absolute Gasteiger partial charge is 0.0372 e. The van der Waals surface area contributed by atoms with Crippen molar-refractivity contribution in [1.29, 1.82) is 0 Å². The normalized spacial score (nSPS) is 15.6. The lowest BCUT2D eigenvalue weighted by Crippen LogP contribution is -2.29. The zero-order chi connectivity index (χ0) is 34.2. The monoisotopic (exact) mass is 670 g/mol. The Hall–Kier alpha value is -5.60. The minimum absolute atomic E-state index is 1.13. The van der Waals surface area contributed by atoms with Crippen molar-refractivity contribution < 1.29 is 0 Å². The van der Waals surface area contributed by atoms with Crippen molar-refractivity contribution >= 4 is 76.0 Å². The second-order valence-electron chi connectivity index (χ2n) is 15.3. The molecule has 2 fully saturated rings. The summed E-state index contributed by atoms with van der Waals surface area (Å²) in [4.78, 5) is 5.23. The van der Waals surface area contributed by atoms with E-state index < -0.39 is 0 Å². The summed E-state index contributed by atoms with van der Waals surface area (Å²) in [7, 11) is 0.